The number of hydrogen-bond acceptors (Lipinski definition) is 5. The summed E-state index contributed by atoms with van der Waals surface area (Å²) >= 11 is 0. The maximum absolute atomic E-state index is 12.3. The lowest BCUT2D eigenvalue weighted by Crippen LogP contribution is -2.26. The molecule has 0 unspecified atom stereocenters. The molecule has 0 aliphatic heterocycles. The van der Waals surface area contributed by atoms with E-state index in [1.165, 1.54) is 7.11 Å². The van der Waals surface area contributed by atoms with Gasteiger partial charge in [0.1, 0.15) is 17.2 Å². The maximum atomic E-state index is 12.3. The number of nitrogens with one attached hydrogen (secondary N) is 1. The first kappa shape index (κ1) is 19.1. The van der Waals surface area contributed by atoms with Gasteiger partial charge in [0.2, 0.25) is 0 Å². The topological polar surface area (TPSA) is 94.1 Å². The van der Waals surface area contributed by atoms with Crippen LogP contribution in [-0.2, 0) is 11.2 Å². The molecule has 0 spiro atoms. The van der Waals surface area contributed by atoms with Gasteiger partial charge in [-0.1, -0.05) is 12.1 Å². The van der Waals surface area contributed by atoms with Crippen LogP contribution < -0.4 is 19.5 Å². The van der Waals surface area contributed by atoms with Crippen molar-refractivity contribution in [1.82, 2.24) is 5.32 Å². The molecule has 0 saturated heterocycles. The molecule has 0 aliphatic rings. The summed E-state index contributed by atoms with van der Waals surface area (Å²) in [6.45, 7) is 0.0719. The Morgan fingerprint density at radius 2 is 1.69 bits per heavy atom. The largest absolute Gasteiger partial charge is 0.497 e. The summed E-state index contributed by atoms with van der Waals surface area (Å²) in [6, 6.07) is 12.1. The number of benzene rings is 2. The van der Waals surface area contributed by atoms with Crippen LogP contribution in [0, 0.1) is 0 Å². The molecule has 0 heterocycles. The third kappa shape index (κ3) is 5.41. The molecule has 0 aromatic heterocycles. The standard InChI is InChI=1S/C19H21NO6/c1-24-15-7-8-16(17(11-15)25-2)19(23)20-10-9-13-3-5-14(6-4-13)26-12-18(21)22/h3-8,11H,9-10,12H2,1-2H3,(H,20,23)(H,21,22). The van der Waals surface area contributed by atoms with Crippen molar-refractivity contribution in [3.63, 3.8) is 0 Å². The second kappa shape index (κ2) is 9.31. The molecule has 0 fully saturated rings. The van der Waals surface area contributed by atoms with Crippen LogP contribution in [0.5, 0.6) is 17.2 Å². The average Bonchev–Trinajstić information content (AvgIpc) is 2.66. The first-order valence-electron chi connectivity index (χ1n) is 7.97. The lowest BCUT2D eigenvalue weighted by atomic mass is 10.1. The van der Waals surface area contributed by atoms with E-state index >= 15 is 0 Å². The number of carboxylic acids is 1. The van der Waals surface area contributed by atoms with Crippen LogP contribution in [0.15, 0.2) is 42.5 Å². The van der Waals surface area contributed by atoms with E-state index in [2.05, 4.69) is 5.32 Å². The van der Waals surface area contributed by atoms with Gasteiger partial charge in [-0.2, -0.15) is 0 Å². The number of aliphatic carboxylic acids is 1. The summed E-state index contributed by atoms with van der Waals surface area (Å²) in [6.07, 6.45) is 0.628. The molecule has 0 bridgehead atoms. The lowest BCUT2D eigenvalue weighted by molar-refractivity contribution is -0.139. The zero-order valence-electron chi connectivity index (χ0n) is 14.7. The van der Waals surface area contributed by atoms with Crippen molar-refractivity contribution in [2.24, 2.45) is 0 Å². The Morgan fingerprint density at radius 3 is 2.31 bits per heavy atom. The van der Waals surface area contributed by atoms with Gasteiger partial charge in [0.05, 0.1) is 19.8 Å². The van der Waals surface area contributed by atoms with Gasteiger partial charge < -0.3 is 24.6 Å². The molecule has 1 amide bonds. The van der Waals surface area contributed by atoms with E-state index in [1.54, 1.807) is 37.4 Å². The highest BCUT2D eigenvalue weighted by molar-refractivity contribution is 5.97. The molecule has 7 heteroatoms. The summed E-state index contributed by atoms with van der Waals surface area (Å²) in [7, 11) is 3.05. The number of methoxy groups -OCH3 is 2. The number of carbonyl (C=O) groups is 2. The highest BCUT2D eigenvalue weighted by atomic mass is 16.5. The van der Waals surface area contributed by atoms with Gasteiger partial charge in [-0.05, 0) is 36.2 Å². The Kier molecular flexibility index (Phi) is 6.84. The molecular weight excluding hydrogens is 338 g/mol. The van der Waals surface area contributed by atoms with E-state index in [1.807, 2.05) is 12.1 Å². The predicted molar refractivity (Wildman–Crippen MR) is 95.2 cm³/mol. The summed E-state index contributed by atoms with van der Waals surface area (Å²) in [5, 5.41) is 11.4. The van der Waals surface area contributed by atoms with Gasteiger partial charge in [0, 0.05) is 12.6 Å². The predicted octanol–water partition coefficient (Wildman–Crippen LogP) is 2.14. The Balaban J connectivity index is 1.87. The van der Waals surface area contributed by atoms with Crippen molar-refractivity contribution >= 4 is 11.9 Å². The van der Waals surface area contributed by atoms with Crippen LogP contribution in [0.2, 0.25) is 0 Å². The highest BCUT2D eigenvalue weighted by Gasteiger charge is 2.12. The summed E-state index contributed by atoms with van der Waals surface area (Å²) in [5.74, 6) is 0.296. The number of amides is 1. The van der Waals surface area contributed by atoms with Crippen molar-refractivity contribution in [2.45, 2.75) is 6.42 Å². The van der Waals surface area contributed by atoms with Crippen LogP contribution in [0.4, 0.5) is 0 Å². The smallest absolute Gasteiger partial charge is 0.341 e. The minimum Gasteiger partial charge on any atom is -0.497 e. The van der Waals surface area contributed by atoms with Gasteiger partial charge >= 0.3 is 5.97 Å². The normalized spacial score (nSPS) is 10.1. The molecule has 0 saturated carbocycles. The molecule has 0 aliphatic carbocycles. The Morgan fingerprint density at radius 1 is 1.00 bits per heavy atom. The molecule has 26 heavy (non-hydrogen) atoms. The summed E-state index contributed by atoms with van der Waals surface area (Å²) in [5.41, 5.74) is 1.43. The second-order valence-corrected chi connectivity index (χ2v) is 5.40. The van der Waals surface area contributed by atoms with E-state index in [0.29, 0.717) is 35.8 Å². The van der Waals surface area contributed by atoms with Crippen LogP contribution in [0.1, 0.15) is 15.9 Å². The minimum absolute atomic E-state index is 0.231. The fraction of sp³-hybridized carbons (Fsp3) is 0.263. The van der Waals surface area contributed by atoms with Crippen LogP contribution in [-0.4, -0.2) is 44.4 Å². The van der Waals surface area contributed by atoms with E-state index < -0.39 is 5.97 Å². The highest BCUT2D eigenvalue weighted by Crippen LogP contribution is 2.24. The number of ether oxygens (including phenoxy) is 3. The first-order valence-corrected chi connectivity index (χ1v) is 7.97. The fourth-order valence-corrected chi connectivity index (χ4v) is 2.30. The molecule has 2 aromatic rings. The Bertz CT molecular complexity index is 757. The second-order valence-electron chi connectivity index (χ2n) is 5.40. The number of rotatable bonds is 9. The van der Waals surface area contributed by atoms with Gasteiger partial charge in [0.25, 0.3) is 5.91 Å². The molecule has 2 aromatic carbocycles. The summed E-state index contributed by atoms with van der Waals surface area (Å²) < 4.78 is 15.4. The zero-order chi connectivity index (χ0) is 18.9. The fourth-order valence-electron chi connectivity index (χ4n) is 2.30. The average molecular weight is 359 g/mol. The maximum Gasteiger partial charge on any atom is 0.341 e. The van der Waals surface area contributed by atoms with E-state index in [9.17, 15) is 9.59 Å². The molecular formula is C19H21NO6. The van der Waals surface area contributed by atoms with Gasteiger partial charge in [0.15, 0.2) is 6.61 Å². The number of carbonyl (C=O) groups excluding carboxylic acids is 1. The monoisotopic (exact) mass is 359 g/mol. The van der Waals surface area contributed by atoms with E-state index in [0.717, 1.165) is 5.56 Å². The van der Waals surface area contributed by atoms with E-state index in [-0.39, 0.29) is 12.5 Å². The molecule has 2 rings (SSSR count). The van der Waals surface area contributed by atoms with Gasteiger partial charge in [-0.15, -0.1) is 0 Å². The van der Waals surface area contributed by atoms with Crippen molar-refractivity contribution in [3.05, 3.63) is 53.6 Å². The molecule has 7 nitrogen and oxygen atoms in total. The van der Waals surface area contributed by atoms with Crippen LogP contribution in [0.3, 0.4) is 0 Å². The Labute approximate surface area is 151 Å². The third-order valence-electron chi connectivity index (χ3n) is 3.64. The van der Waals surface area contributed by atoms with Crippen molar-refractivity contribution in [3.8, 4) is 17.2 Å². The molecule has 0 atom stereocenters. The van der Waals surface area contributed by atoms with Crippen LogP contribution in [0.25, 0.3) is 0 Å². The molecule has 0 radical (unpaired) electrons. The minimum atomic E-state index is -1.02. The summed E-state index contributed by atoms with van der Waals surface area (Å²) in [4.78, 5) is 22.8. The third-order valence-corrected chi connectivity index (χ3v) is 3.64. The van der Waals surface area contributed by atoms with Crippen LogP contribution >= 0.6 is 0 Å². The quantitative estimate of drug-likeness (QED) is 0.712. The van der Waals surface area contributed by atoms with Gasteiger partial charge in [-0.3, -0.25) is 4.79 Å². The number of hydrogen-bond donors (Lipinski definition) is 2. The molecule has 138 valence electrons. The SMILES string of the molecule is COc1ccc(C(=O)NCCc2ccc(OCC(=O)O)cc2)c(OC)c1. The van der Waals surface area contributed by atoms with Gasteiger partial charge in [-0.25, -0.2) is 4.79 Å². The first-order chi connectivity index (χ1) is 12.5. The van der Waals surface area contributed by atoms with E-state index in [4.69, 9.17) is 19.3 Å². The van der Waals surface area contributed by atoms with Crippen molar-refractivity contribution in [2.75, 3.05) is 27.4 Å². The zero-order valence-corrected chi connectivity index (χ0v) is 14.7. The van der Waals surface area contributed by atoms with Crippen molar-refractivity contribution < 1.29 is 28.9 Å². The number of carboxylic acid groups (broad SMARTS) is 1. The molecule has 2 N–H and O–H groups in total. The Hall–Kier alpha value is -3.22. The van der Waals surface area contributed by atoms with Crippen molar-refractivity contribution in [1.29, 1.82) is 0 Å². The lowest BCUT2D eigenvalue weighted by Gasteiger charge is -2.11.